The highest BCUT2D eigenvalue weighted by molar-refractivity contribution is 6.88. The highest BCUT2D eigenvalue weighted by atomic mass is 28.3. The number of nitrogens with zero attached hydrogens (tertiary/aromatic N) is 2. The predicted octanol–water partition coefficient (Wildman–Crippen LogP) is 2.10. The quantitative estimate of drug-likeness (QED) is 0.473. The van der Waals surface area contributed by atoms with Crippen LogP contribution in [0.5, 0.6) is 5.75 Å². The molecule has 0 saturated carbocycles. The lowest BCUT2D eigenvalue weighted by Gasteiger charge is -2.27. The third-order valence-corrected chi connectivity index (χ3v) is 7.18. The van der Waals surface area contributed by atoms with E-state index in [1.807, 2.05) is 24.3 Å². The van der Waals surface area contributed by atoms with Gasteiger partial charge in [-0.3, -0.25) is 14.6 Å². The number of methoxy groups -OCH3 is 1. The predicted molar refractivity (Wildman–Crippen MR) is 125 cm³/mol. The van der Waals surface area contributed by atoms with Crippen LogP contribution < -0.4 is 20.9 Å². The van der Waals surface area contributed by atoms with E-state index in [4.69, 9.17) is 4.74 Å². The minimum atomic E-state index is -1.46. The fourth-order valence-electron chi connectivity index (χ4n) is 3.26. The summed E-state index contributed by atoms with van der Waals surface area (Å²) in [6.45, 7) is 6.75. The fraction of sp³-hybridized carbons (Fsp3) is 0.273. The van der Waals surface area contributed by atoms with Crippen LogP contribution >= 0.6 is 0 Å². The highest BCUT2D eigenvalue weighted by Gasteiger charge is 2.31. The van der Waals surface area contributed by atoms with Gasteiger partial charge in [0.05, 0.1) is 15.2 Å². The lowest BCUT2D eigenvalue weighted by Crippen LogP contribution is -2.39. The number of ether oxygens (including phenoxy) is 1. The Kier molecular flexibility index (Phi) is 6.63. The maximum Gasteiger partial charge on any atom is 0.341 e. The number of hydrogen-bond donors (Lipinski definition) is 3. The van der Waals surface area contributed by atoms with Gasteiger partial charge in [0.1, 0.15) is 11.8 Å². The molecule has 1 atom stereocenters. The van der Waals surface area contributed by atoms with Gasteiger partial charge < -0.3 is 15.0 Å². The summed E-state index contributed by atoms with van der Waals surface area (Å²) in [5, 5.41) is 10.0. The van der Waals surface area contributed by atoms with E-state index < -0.39 is 31.6 Å². The molecule has 9 nitrogen and oxygen atoms in total. The Morgan fingerprint density at radius 1 is 1.06 bits per heavy atom. The topological polar surface area (TPSA) is 120 Å². The molecule has 0 aliphatic rings. The monoisotopic (exact) mass is 453 g/mol. The molecule has 0 bridgehead atoms. The molecular weight excluding hydrogens is 426 g/mol. The lowest BCUT2D eigenvalue weighted by molar-refractivity contribution is -0.120. The third-order valence-electron chi connectivity index (χ3n) is 5.11. The van der Waals surface area contributed by atoms with Crippen molar-refractivity contribution in [2.45, 2.75) is 25.7 Å². The molecule has 1 unspecified atom stereocenters. The van der Waals surface area contributed by atoms with Gasteiger partial charge in [-0.25, -0.2) is 9.89 Å². The van der Waals surface area contributed by atoms with Gasteiger partial charge in [-0.2, -0.15) is 0 Å². The zero-order valence-electron chi connectivity index (χ0n) is 18.7. The van der Waals surface area contributed by atoms with Gasteiger partial charge in [-0.05, 0) is 29.8 Å². The minimum absolute atomic E-state index is 0.177. The number of rotatable bonds is 7. The molecule has 32 heavy (non-hydrogen) atoms. The molecule has 3 aromatic rings. The van der Waals surface area contributed by atoms with Crippen molar-refractivity contribution in [1.29, 1.82) is 0 Å². The van der Waals surface area contributed by atoms with Crippen molar-refractivity contribution in [3.05, 3.63) is 70.4 Å². The Bertz CT molecular complexity index is 1150. The summed E-state index contributed by atoms with van der Waals surface area (Å²) in [6, 6.07) is 13.7. The van der Waals surface area contributed by atoms with Gasteiger partial charge in [0.25, 0.3) is 11.8 Å². The summed E-state index contributed by atoms with van der Waals surface area (Å²) < 4.78 is 5.19. The molecule has 0 fully saturated rings. The second-order valence-corrected chi connectivity index (χ2v) is 13.5. The average molecular weight is 454 g/mol. The summed E-state index contributed by atoms with van der Waals surface area (Å²) in [5.74, 6) is -0.554. The van der Waals surface area contributed by atoms with Crippen LogP contribution in [0.2, 0.25) is 19.6 Å². The second-order valence-electron chi connectivity index (χ2n) is 8.43. The largest absolute Gasteiger partial charge is 0.497 e. The SMILES string of the molecule is COc1ccc(C(C(=O)Nc2ccc([Si](C)(C)C)cc2)N(C)C(=O)c2n[nH]c(=O)[nH]2)cc1. The van der Waals surface area contributed by atoms with Crippen molar-refractivity contribution in [1.82, 2.24) is 20.1 Å². The molecule has 0 saturated heterocycles. The number of aromatic amines is 2. The van der Waals surface area contributed by atoms with Crippen LogP contribution in [0.15, 0.2) is 53.3 Å². The van der Waals surface area contributed by atoms with E-state index in [0.29, 0.717) is 17.0 Å². The van der Waals surface area contributed by atoms with Crippen LogP contribution in [0.1, 0.15) is 22.2 Å². The number of carbonyl (C=O) groups is 2. The number of amides is 2. The zero-order chi connectivity index (χ0) is 23.5. The van der Waals surface area contributed by atoms with Gasteiger partial charge in [-0.15, -0.1) is 5.10 Å². The first-order chi connectivity index (χ1) is 15.1. The average Bonchev–Trinajstić information content (AvgIpc) is 3.19. The number of hydrogen-bond acceptors (Lipinski definition) is 5. The molecule has 2 aromatic carbocycles. The lowest BCUT2D eigenvalue weighted by atomic mass is 10.0. The molecule has 10 heteroatoms. The molecule has 1 aromatic heterocycles. The van der Waals surface area contributed by atoms with E-state index in [1.54, 1.807) is 31.4 Å². The standard InChI is InChI=1S/C22H27N5O4Si/c1-27(21(29)19-24-22(30)26-25-19)18(14-6-10-16(31-2)11-7-14)20(28)23-15-8-12-17(13-9-15)32(3,4)5/h6-13,18H,1-5H3,(H,23,28)(H2,24,25,26,30). The number of anilines is 1. The summed E-state index contributed by atoms with van der Waals surface area (Å²) in [6.07, 6.45) is 0. The zero-order valence-corrected chi connectivity index (χ0v) is 19.7. The number of benzene rings is 2. The highest BCUT2D eigenvalue weighted by Crippen LogP contribution is 2.25. The van der Waals surface area contributed by atoms with Crippen molar-refractivity contribution < 1.29 is 14.3 Å². The molecule has 2 amide bonds. The number of nitrogens with one attached hydrogen (secondary N) is 3. The van der Waals surface area contributed by atoms with E-state index in [2.05, 4.69) is 40.1 Å². The summed E-state index contributed by atoms with van der Waals surface area (Å²) in [7, 11) is 1.57. The summed E-state index contributed by atoms with van der Waals surface area (Å²) in [5.41, 5.74) is 0.606. The number of aromatic nitrogens is 3. The van der Waals surface area contributed by atoms with Gasteiger partial charge in [-0.1, -0.05) is 49.1 Å². The number of H-pyrrole nitrogens is 2. The molecule has 0 aliphatic heterocycles. The van der Waals surface area contributed by atoms with Gasteiger partial charge in [0.2, 0.25) is 5.82 Å². The molecule has 1 heterocycles. The van der Waals surface area contributed by atoms with Crippen LogP contribution in [0, 0.1) is 0 Å². The van der Waals surface area contributed by atoms with Crippen LogP contribution in [-0.4, -0.2) is 54.1 Å². The molecule has 0 spiro atoms. The van der Waals surface area contributed by atoms with Crippen molar-refractivity contribution in [2.24, 2.45) is 0 Å². The molecule has 3 rings (SSSR count). The minimum Gasteiger partial charge on any atom is -0.497 e. The number of carbonyl (C=O) groups excluding carboxylic acids is 2. The van der Waals surface area contributed by atoms with E-state index in [0.717, 1.165) is 0 Å². The van der Waals surface area contributed by atoms with E-state index in [-0.39, 0.29) is 5.82 Å². The third kappa shape index (κ3) is 5.14. The van der Waals surface area contributed by atoms with Gasteiger partial charge >= 0.3 is 5.69 Å². The second kappa shape index (κ2) is 9.23. The maximum absolute atomic E-state index is 13.3. The van der Waals surface area contributed by atoms with Crippen LogP contribution in [-0.2, 0) is 4.79 Å². The van der Waals surface area contributed by atoms with E-state index in [9.17, 15) is 14.4 Å². The van der Waals surface area contributed by atoms with Crippen molar-refractivity contribution >= 4 is 30.8 Å². The van der Waals surface area contributed by atoms with E-state index >= 15 is 0 Å². The maximum atomic E-state index is 13.3. The van der Waals surface area contributed by atoms with Gasteiger partial charge in [0, 0.05) is 12.7 Å². The Morgan fingerprint density at radius 2 is 1.69 bits per heavy atom. The summed E-state index contributed by atoms with van der Waals surface area (Å²) >= 11 is 0. The van der Waals surface area contributed by atoms with Crippen LogP contribution in [0.3, 0.4) is 0 Å². The Morgan fingerprint density at radius 3 is 2.19 bits per heavy atom. The fourth-order valence-corrected chi connectivity index (χ4v) is 4.42. The Balaban J connectivity index is 1.91. The molecule has 168 valence electrons. The van der Waals surface area contributed by atoms with Crippen molar-refractivity contribution in [3.8, 4) is 5.75 Å². The van der Waals surface area contributed by atoms with E-state index in [1.165, 1.54) is 17.1 Å². The van der Waals surface area contributed by atoms with Gasteiger partial charge in [0.15, 0.2) is 0 Å². The summed E-state index contributed by atoms with van der Waals surface area (Å²) in [4.78, 5) is 41.1. The first-order valence-corrected chi connectivity index (χ1v) is 13.6. The molecule has 0 aliphatic carbocycles. The smallest absolute Gasteiger partial charge is 0.341 e. The molecule has 0 radical (unpaired) electrons. The first kappa shape index (κ1) is 23.0. The number of likely N-dealkylation sites (N-methyl/N-ethyl adjacent to an activating group) is 1. The normalized spacial score (nSPS) is 12.2. The van der Waals surface area contributed by atoms with Crippen molar-refractivity contribution in [2.75, 3.05) is 19.5 Å². The van der Waals surface area contributed by atoms with Crippen molar-refractivity contribution in [3.63, 3.8) is 0 Å². The van der Waals surface area contributed by atoms with Crippen LogP contribution in [0.25, 0.3) is 0 Å². The molecule has 3 N–H and O–H groups in total. The Hall–Kier alpha value is -3.66. The van der Waals surface area contributed by atoms with Crippen LogP contribution in [0.4, 0.5) is 5.69 Å². The first-order valence-electron chi connectivity index (χ1n) is 10.1. The molecular formula is C22H27N5O4Si. The Labute approximate surface area is 186 Å².